The van der Waals surface area contributed by atoms with Crippen molar-refractivity contribution in [2.45, 2.75) is 46.1 Å². The van der Waals surface area contributed by atoms with Gasteiger partial charge in [0.05, 0.1) is 6.04 Å². The highest BCUT2D eigenvalue weighted by atomic mass is 14.8. The Hall–Kier alpha value is -1.37. The van der Waals surface area contributed by atoms with E-state index in [-0.39, 0.29) is 6.04 Å². The van der Waals surface area contributed by atoms with Crippen molar-refractivity contribution in [3.8, 4) is 0 Å². The van der Waals surface area contributed by atoms with Crippen molar-refractivity contribution in [1.29, 1.82) is 0 Å². The van der Waals surface area contributed by atoms with Crippen LogP contribution in [0.3, 0.4) is 0 Å². The topological polar surface area (TPSA) is 12.4 Å². The van der Waals surface area contributed by atoms with Crippen LogP contribution in [0.5, 0.6) is 0 Å². The van der Waals surface area contributed by atoms with E-state index < -0.39 is 0 Å². The Morgan fingerprint density at radius 2 is 1.89 bits per heavy atom. The normalized spacial score (nSPS) is 24.5. The Balaban J connectivity index is 2.13. The summed E-state index contributed by atoms with van der Waals surface area (Å²) in [7, 11) is 0. The lowest BCUT2D eigenvalue weighted by Crippen LogP contribution is -2.10. The van der Waals surface area contributed by atoms with E-state index in [2.05, 4.69) is 57.2 Å². The molecule has 2 rings (SSSR count). The Kier molecular flexibility index (Phi) is 4.35. The van der Waals surface area contributed by atoms with Gasteiger partial charge in [0.2, 0.25) is 0 Å². The van der Waals surface area contributed by atoms with E-state index in [0.717, 1.165) is 12.8 Å². The van der Waals surface area contributed by atoms with E-state index >= 15 is 0 Å². The van der Waals surface area contributed by atoms with Gasteiger partial charge in [-0.15, -0.1) is 0 Å². The summed E-state index contributed by atoms with van der Waals surface area (Å²) in [5, 5.41) is 0. The third-order valence-corrected chi connectivity index (χ3v) is 3.81. The van der Waals surface area contributed by atoms with Gasteiger partial charge in [-0.1, -0.05) is 48.9 Å². The van der Waals surface area contributed by atoms with Gasteiger partial charge in [-0.2, -0.15) is 0 Å². The highest BCUT2D eigenvalue weighted by Crippen LogP contribution is 2.24. The standard InChI is InChI=1S/C17H23N/c1-13-9-11-14(2)17(12-10-13)18-15(3)16-7-5-4-6-8-16/h4-9,14-15H,10-12H2,1-3H3/t14?,15-/m0/s1. The number of rotatable bonds is 2. The minimum absolute atomic E-state index is 0.280. The Bertz CT molecular complexity index is 442. The first-order valence-electron chi connectivity index (χ1n) is 6.94. The highest BCUT2D eigenvalue weighted by Gasteiger charge is 2.15. The van der Waals surface area contributed by atoms with Gasteiger partial charge in [0.1, 0.15) is 0 Å². The fraction of sp³-hybridized carbons (Fsp3) is 0.471. The molecule has 0 saturated carbocycles. The summed E-state index contributed by atoms with van der Waals surface area (Å²) in [6, 6.07) is 10.9. The lowest BCUT2D eigenvalue weighted by molar-refractivity contribution is 0.738. The molecule has 0 aromatic heterocycles. The first kappa shape index (κ1) is 13.1. The molecule has 0 N–H and O–H groups in total. The lowest BCUT2D eigenvalue weighted by atomic mass is 9.99. The Morgan fingerprint density at radius 3 is 2.61 bits per heavy atom. The maximum Gasteiger partial charge on any atom is 0.0720 e. The molecule has 1 aromatic carbocycles. The predicted molar refractivity (Wildman–Crippen MR) is 79.1 cm³/mol. The summed E-state index contributed by atoms with van der Waals surface area (Å²) in [5.41, 5.74) is 4.21. The van der Waals surface area contributed by atoms with E-state index in [1.54, 1.807) is 0 Å². The molecular weight excluding hydrogens is 218 g/mol. The largest absolute Gasteiger partial charge is 0.286 e. The van der Waals surface area contributed by atoms with Crippen molar-refractivity contribution in [3.05, 3.63) is 47.5 Å². The molecule has 2 atom stereocenters. The van der Waals surface area contributed by atoms with Gasteiger partial charge in [-0.25, -0.2) is 0 Å². The molecule has 0 amide bonds. The van der Waals surface area contributed by atoms with Gasteiger partial charge in [0, 0.05) is 5.71 Å². The number of allylic oxidation sites excluding steroid dienone is 2. The zero-order valence-corrected chi connectivity index (χ0v) is 11.7. The molecule has 0 spiro atoms. The van der Waals surface area contributed by atoms with Crippen LogP contribution in [0.2, 0.25) is 0 Å². The van der Waals surface area contributed by atoms with Crippen molar-refractivity contribution in [3.63, 3.8) is 0 Å². The number of hydrogen-bond donors (Lipinski definition) is 0. The fourth-order valence-corrected chi connectivity index (χ4v) is 2.43. The SMILES string of the molecule is CC1=CCC(C)C(=N[C@@H](C)c2ccccc2)CC1. The minimum atomic E-state index is 0.280. The third-order valence-electron chi connectivity index (χ3n) is 3.81. The van der Waals surface area contributed by atoms with Gasteiger partial charge in [-0.05, 0) is 44.6 Å². The maximum atomic E-state index is 4.96. The molecule has 1 aromatic rings. The first-order valence-corrected chi connectivity index (χ1v) is 6.94. The average molecular weight is 241 g/mol. The van der Waals surface area contributed by atoms with Crippen LogP contribution in [0.4, 0.5) is 0 Å². The number of nitrogens with zero attached hydrogens (tertiary/aromatic N) is 1. The fourth-order valence-electron chi connectivity index (χ4n) is 2.43. The van der Waals surface area contributed by atoms with Gasteiger partial charge >= 0.3 is 0 Å². The molecular formula is C17H23N. The van der Waals surface area contributed by atoms with Crippen LogP contribution in [0, 0.1) is 5.92 Å². The van der Waals surface area contributed by atoms with Gasteiger partial charge in [-0.3, -0.25) is 4.99 Å². The van der Waals surface area contributed by atoms with Crippen molar-refractivity contribution in [2.24, 2.45) is 10.9 Å². The van der Waals surface area contributed by atoms with Crippen LogP contribution in [0.25, 0.3) is 0 Å². The molecule has 18 heavy (non-hydrogen) atoms. The van der Waals surface area contributed by atoms with Crippen LogP contribution in [0.15, 0.2) is 47.0 Å². The lowest BCUT2D eigenvalue weighted by Gasteiger charge is -2.14. The average Bonchev–Trinajstić information content (AvgIpc) is 2.55. The molecule has 0 heterocycles. The van der Waals surface area contributed by atoms with Gasteiger partial charge in [0.15, 0.2) is 0 Å². The first-order chi connectivity index (χ1) is 8.66. The van der Waals surface area contributed by atoms with Crippen LogP contribution in [-0.2, 0) is 0 Å². The van der Waals surface area contributed by atoms with Crippen LogP contribution >= 0.6 is 0 Å². The van der Waals surface area contributed by atoms with E-state index in [4.69, 9.17) is 4.99 Å². The second-order valence-corrected chi connectivity index (χ2v) is 5.39. The molecule has 1 heteroatoms. The second-order valence-electron chi connectivity index (χ2n) is 5.39. The van der Waals surface area contributed by atoms with Gasteiger partial charge < -0.3 is 0 Å². The second kappa shape index (κ2) is 5.99. The maximum absolute atomic E-state index is 4.96. The van der Waals surface area contributed by atoms with Crippen molar-refractivity contribution in [1.82, 2.24) is 0 Å². The Morgan fingerprint density at radius 1 is 1.17 bits per heavy atom. The molecule has 1 nitrogen and oxygen atoms in total. The summed E-state index contributed by atoms with van der Waals surface area (Å²) >= 11 is 0. The molecule has 0 fully saturated rings. The number of aliphatic imine (C=N–C) groups is 1. The summed E-state index contributed by atoms with van der Waals surface area (Å²) in [5.74, 6) is 0.591. The molecule has 0 radical (unpaired) electrons. The van der Waals surface area contributed by atoms with E-state index in [0.29, 0.717) is 5.92 Å². The van der Waals surface area contributed by atoms with E-state index in [1.165, 1.54) is 23.3 Å². The van der Waals surface area contributed by atoms with Crippen LogP contribution in [-0.4, -0.2) is 5.71 Å². The van der Waals surface area contributed by atoms with Crippen LogP contribution < -0.4 is 0 Å². The number of benzene rings is 1. The third kappa shape index (κ3) is 3.32. The summed E-state index contributed by atoms with van der Waals surface area (Å²) in [6.07, 6.45) is 5.82. The minimum Gasteiger partial charge on any atom is -0.286 e. The summed E-state index contributed by atoms with van der Waals surface area (Å²) in [4.78, 5) is 4.96. The zero-order valence-electron chi connectivity index (χ0n) is 11.7. The Labute approximate surface area is 111 Å². The quantitative estimate of drug-likeness (QED) is 0.649. The van der Waals surface area contributed by atoms with E-state index in [9.17, 15) is 0 Å². The molecule has 1 aliphatic rings. The molecule has 0 bridgehead atoms. The molecule has 96 valence electrons. The monoisotopic (exact) mass is 241 g/mol. The smallest absolute Gasteiger partial charge is 0.0720 e. The van der Waals surface area contributed by atoms with Crippen molar-refractivity contribution < 1.29 is 0 Å². The molecule has 0 saturated heterocycles. The van der Waals surface area contributed by atoms with Gasteiger partial charge in [0.25, 0.3) is 0 Å². The molecule has 0 aliphatic heterocycles. The molecule has 1 aliphatic carbocycles. The summed E-state index contributed by atoms with van der Waals surface area (Å²) in [6.45, 7) is 6.72. The van der Waals surface area contributed by atoms with Crippen molar-refractivity contribution in [2.75, 3.05) is 0 Å². The van der Waals surface area contributed by atoms with E-state index in [1.807, 2.05) is 0 Å². The van der Waals surface area contributed by atoms with Crippen LogP contribution in [0.1, 0.15) is 51.6 Å². The molecule has 1 unspecified atom stereocenters. The summed E-state index contributed by atoms with van der Waals surface area (Å²) < 4.78 is 0. The van der Waals surface area contributed by atoms with Crippen molar-refractivity contribution >= 4 is 5.71 Å². The predicted octanol–water partition coefficient (Wildman–Crippen LogP) is 4.95. The highest BCUT2D eigenvalue weighted by molar-refractivity contribution is 5.87. The zero-order chi connectivity index (χ0) is 13.0. The number of hydrogen-bond acceptors (Lipinski definition) is 1.